The summed E-state index contributed by atoms with van der Waals surface area (Å²) in [6, 6.07) is 10.6. The molecule has 2 aromatic heterocycles. The molecule has 0 saturated carbocycles. The smallest absolute Gasteiger partial charge is 0.253 e. The van der Waals surface area contributed by atoms with E-state index in [2.05, 4.69) is 26.7 Å². The zero-order chi connectivity index (χ0) is 25.8. The van der Waals surface area contributed by atoms with Crippen LogP contribution < -0.4 is 4.90 Å². The van der Waals surface area contributed by atoms with Crippen molar-refractivity contribution in [3.63, 3.8) is 0 Å². The van der Waals surface area contributed by atoms with Crippen LogP contribution >= 0.6 is 11.6 Å². The number of likely N-dealkylation sites (tertiary alicyclic amines) is 1. The molecular weight excluding hydrogens is 488 g/mol. The van der Waals surface area contributed by atoms with Gasteiger partial charge in [0.2, 0.25) is 0 Å². The first-order chi connectivity index (χ1) is 18.1. The fourth-order valence-corrected chi connectivity index (χ4v) is 5.90. The molecular formula is C28H35ClN6O2. The molecule has 2 aliphatic rings. The number of hydrogen-bond donors (Lipinski definition) is 1. The molecule has 1 amide bonds. The van der Waals surface area contributed by atoms with Crippen molar-refractivity contribution in [2.24, 2.45) is 0 Å². The van der Waals surface area contributed by atoms with Crippen molar-refractivity contribution in [1.29, 1.82) is 0 Å². The third-order valence-corrected chi connectivity index (χ3v) is 7.90. The summed E-state index contributed by atoms with van der Waals surface area (Å²) in [4.78, 5) is 32.1. The third kappa shape index (κ3) is 5.66. The van der Waals surface area contributed by atoms with Gasteiger partial charge >= 0.3 is 0 Å². The van der Waals surface area contributed by atoms with Crippen molar-refractivity contribution in [3.8, 4) is 11.4 Å². The number of ether oxygens (including phenoxy) is 1. The summed E-state index contributed by atoms with van der Waals surface area (Å²) >= 11 is 6.67. The Hall–Kier alpha value is -2.94. The lowest BCUT2D eigenvalue weighted by atomic mass is 9.97. The Kier molecular flexibility index (Phi) is 8.08. The highest BCUT2D eigenvalue weighted by Crippen LogP contribution is 2.31. The van der Waals surface area contributed by atoms with Gasteiger partial charge in [-0.3, -0.25) is 9.69 Å². The molecule has 5 rings (SSSR count). The highest BCUT2D eigenvalue weighted by molar-refractivity contribution is 6.33. The molecule has 2 aliphatic heterocycles. The summed E-state index contributed by atoms with van der Waals surface area (Å²) < 4.78 is 5.17. The number of nitrogens with zero attached hydrogens (tertiary/aromatic N) is 5. The van der Waals surface area contributed by atoms with E-state index in [0.29, 0.717) is 23.7 Å². The summed E-state index contributed by atoms with van der Waals surface area (Å²) in [5, 5.41) is 0.652. The second-order valence-corrected chi connectivity index (χ2v) is 10.3. The number of piperazine rings is 1. The lowest BCUT2D eigenvalue weighted by Crippen LogP contribution is -2.58. The van der Waals surface area contributed by atoms with Gasteiger partial charge in [-0.25, -0.2) is 9.97 Å². The number of benzene rings is 1. The summed E-state index contributed by atoms with van der Waals surface area (Å²) in [5.41, 5.74) is 2.71. The maximum Gasteiger partial charge on any atom is 0.253 e. The van der Waals surface area contributed by atoms with E-state index in [0.717, 1.165) is 80.3 Å². The number of anilines is 1. The highest BCUT2D eigenvalue weighted by atomic mass is 35.5. The van der Waals surface area contributed by atoms with Gasteiger partial charge in [0, 0.05) is 81.6 Å². The maximum atomic E-state index is 13.1. The van der Waals surface area contributed by atoms with E-state index >= 15 is 0 Å². The van der Waals surface area contributed by atoms with Crippen molar-refractivity contribution < 1.29 is 9.53 Å². The van der Waals surface area contributed by atoms with E-state index in [1.807, 2.05) is 41.4 Å². The first-order valence-electron chi connectivity index (χ1n) is 13.1. The Morgan fingerprint density at radius 3 is 2.57 bits per heavy atom. The Morgan fingerprint density at radius 1 is 1.14 bits per heavy atom. The molecule has 0 aliphatic carbocycles. The van der Waals surface area contributed by atoms with E-state index in [9.17, 15) is 4.79 Å². The highest BCUT2D eigenvalue weighted by Gasteiger charge is 2.34. The van der Waals surface area contributed by atoms with Gasteiger partial charge in [-0.2, -0.15) is 0 Å². The van der Waals surface area contributed by atoms with Gasteiger partial charge in [0.15, 0.2) is 0 Å². The molecule has 0 bridgehead atoms. The molecule has 3 aromatic rings. The average Bonchev–Trinajstić information content (AvgIpc) is 3.48. The third-order valence-electron chi connectivity index (χ3n) is 7.63. The molecule has 196 valence electrons. The number of methoxy groups -OCH3 is 1. The second-order valence-electron chi connectivity index (χ2n) is 9.87. The Labute approximate surface area is 223 Å². The monoisotopic (exact) mass is 522 g/mol. The summed E-state index contributed by atoms with van der Waals surface area (Å²) in [6.45, 7) is 7.15. The van der Waals surface area contributed by atoms with E-state index in [4.69, 9.17) is 21.3 Å². The summed E-state index contributed by atoms with van der Waals surface area (Å²) in [6.07, 6.45) is 8.42. The number of aromatic amines is 1. The zero-order valence-electron chi connectivity index (χ0n) is 21.6. The number of nitrogens with one attached hydrogen (secondary N) is 1. The number of carbonyl (C=O) groups excluding carboxylic acids is 1. The van der Waals surface area contributed by atoms with Crippen molar-refractivity contribution in [2.75, 3.05) is 44.7 Å². The number of halogens is 1. The van der Waals surface area contributed by atoms with Gasteiger partial charge in [0.05, 0.1) is 11.6 Å². The van der Waals surface area contributed by atoms with Crippen molar-refractivity contribution in [2.45, 2.75) is 44.9 Å². The number of hydrogen-bond acceptors (Lipinski definition) is 6. The number of amides is 1. The molecule has 4 heterocycles. The molecule has 0 spiro atoms. The fraction of sp³-hybridized carbons (Fsp3) is 0.464. The number of carbonyl (C=O) groups is 1. The lowest BCUT2D eigenvalue weighted by Gasteiger charge is -2.47. The molecule has 9 heteroatoms. The number of imidazole rings is 1. The van der Waals surface area contributed by atoms with Crippen LogP contribution in [0.5, 0.6) is 0 Å². The van der Waals surface area contributed by atoms with Crippen LogP contribution in [0.3, 0.4) is 0 Å². The Bertz CT molecular complexity index is 1180. The second kappa shape index (κ2) is 11.6. The Morgan fingerprint density at radius 2 is 1.92 bits per heavy atom. The maximum absolute atomic E-state index is 13.1. The van der Waals surface area contributed by atoms with Crippen LogP contribution in [0.2, 0.25) is 5.02 Å². The normalized spacial score (nSPS) is 19.4. The number of aromatic nitrogens is 3. The zero-order valence-corrected chi connectivity index (χ0v) is 22.3. The van der Waals surface area contributed by atoms with Gasteiger partial charge in [-0.1, -0.05) is 30.7 Å². The van der Waals surface area contributed by atoms with Crippen molar-refractivity contribution >= 4 is 23.3 Å². The van der Waals surface area contributed by atoms with Gasteiger partial charge in [0.1, 0.15) is 11.6 Å². The van der Waals surface area contributed by atoms with Gasteiger partial charge in [-0.15, -0.1) is 0 Å². The molecule has 2 fully saturated rings. The topological polar surface area (TPSA) is 77.6 Å². The molecule has 37 heavy (non-hydrogen) atoms. The van der Waals surface area contributed by atoms with E-state index in [1.54, 1.807) is 19.5 Å². The van der Waals surface area contributed by atoms with Crippen LogP contribution in [-0.2, 0) is 11.3 Å². The van der Waals surface area contributed by atoms with Crippen molar-refractivity contribution in [1.82, 2.24) is 24.8 Å². The van der Waals surface area contributed by atoms with Gasteiger partial charge < -0.3 is 19.5 Å². The van der Waals surface area contributed by atoms with Crippen molar-refractivity contribution in [3.05, 3.63) is 65.1 Å². The number of H-pyrrole nitrogens is 1. The first-order valence-corrected chi connectivity index (χ1v) is 13.5. The molecule has 2 saturated heterocycles. The largest absolute Gasteiger partial charge is 0.380 e. The van der Waals surface area contributed by atoms with Crippen LogP contribution in [0.4, 0.5) is 5.82 Å². The molecule has 1 N–H and O–H groups in total. The predicted octanol–water partition coefficient (Wildman–Crippen LogP) is 4.48. The van der Waals surface area contributed by atoms with Crippen LogP contribution in [0, 0.1) is 0 Å². The lowest BCUT2D eigenvalue weighted by molar-refractivity contribution is 0.0491. The molecule has 0 unspecified atom stereocenters. The molecule has 1 aromatic carbocycles. The predicted molar refractivity (Wildman–Crippen MR) is 146 cm³/mol. The van der Waals surface area contributed by atoms with Crippen LogP contribution in [0.1, 0.15) is 42.1 Å². The fourth-order valence-electron chi connectivity index (χ4n) is 5.62. The van der Waals surface area contributed by atoms with E-state index in [-0.39, 0.29) is 5.91 Å². The van der Waals surface area contributed by atoms with Gasteiger partial charge in [-0.05, 0) is 43.0 Å². The SMILES string of the molecule is CC[C@H]1CN(c2ncc(-c3ncc[nH]3)cc2Cl)CCN1C1CCN(C(=O)c2ccc(COC)cc2)CC1. The van der Waals surface area contributed by atoms with Crippen LogP contribution in [0.25, 0.3) is 11.4 Å². The number of pyridine rings is 1. The molecule has 1 atom stereocenters. The van der Waals surface area contributed by atoms with E-state index < -0.39 is 0 Å². The minimum Gasteiger partial charge on any atom is -0.380 e. The Balaban J connectivity index is 1.18. The van der Waals surface area contributed by atoms with Crippen LogP contribution in [0.15, 0.2) is 48.9 Å². The van der Waals surface area contributed by atoms with E-state index in [1.165, 1.54) is 0 Å². The van der Waals surface area contributed by atoms with Crippen LogP contribution in [-0.4, -0.2) is 82.6 Å². The summed E-state index contributed by atoms with van der Waals surface area (Å²) in [5.74, 6) is 1.73. The molecule has 0 radical (unpaired) electrons. The summed E-state index contributed by atoms with van der Waals surface area (Å²) in [7, 11) is 1.68. The molecule has 8 nitrogen and oxygen atoms in total. The minimum absolute atomic E-state index is 0.123. The standard InChI is InChI=1S/C28H35ClN6O2/c1-3-23-18-34(27-25(29)16-22(17-32-27)26-30-10-11-31-26)14-15-35(23)24-8-12-33(13-9-24)28(36)21-6-4-20(5-7-21)19-37-2/h4-7,10-11,16-17,23-24H,3,8-9,12-15,18-19H2,1-2H3,(H,30,31)/t23-/m0/s1. The number of piperidine rings is 1. The minimum atomic E-state index is 0.123. The quantitative estimate of drug-likeness (QED) is 0.493. The van der Waals surface area contributed by atoms with Gasteiger partial charge in [0.25, 0.3) is 5.91 Å². The first kappa shape index (κ1) is 25.7. The number of rotatable bonds is 7. The average molecular weight is 523 g/mol.